The van der Waals surface area contributed by atoms with E-state index in [1.165, 1.54) is 16.8 Å². The van der Waals surface area contributed by atoms with E-state index in [1.54, 1.807) is 0 Å². The first kappa shape index (κ1) is 20.0. The number of anilines is 2. The van der Waals surface area contributed by atoms with Crippen LogP contribution in [-0.2, 0) is 17.8 Å². The molecule has 8 nitrogen and oxygen atoms in total. The fraction of sp³-hybridized carbons (Fsp3) is 0.435. The minimum Gasteiger partial charge on any atom is -0.378 e. The lowest BCUT2D eigenvalue weighted by atomic mass is 10.2. The molecule has 0 amide bonds. The summed E-state index contributed by atoms with van der Waals surface area (Å²) in [6, 6.07) is 8.24. The van der Waals surface area contributed by atoms with Crippen LogP contribution in [0.1, 0.15) is 28.8 Å². The Morgan fingerprint density at radius 3 is 2.87 bits per heavy atom. The van der Waals surface area contributed by atoms with Crippen molar-refractivity contribution in [3.8, 4) is 0 Å². The second-order valence-electron chi connectivity index (χ2n) is 8.19. The molecule has 0 aliphatic carbocycles. The highest BCUT2D eigenvalue weighted by atomic mass is 16.5. The fourth-order valence-corrected chi connectivity index (χ4v) is 4.34. The summed E-state index contributed by atoms with van der Waals surface area (Å²) >= 11 is 0. The van der Waals surface area contributed by atoms with Crippen LogP contribution in [0.5, 0.6) is 0 Å². The summed E-state index contributed by atoms with van der Waals surface area (Å²) in [5.74, 6) is 1.56. The molecule has 5 rings (SSSR count). The Hall–Kier alpha value is -2.97. The minimum absolute atomic E-state index is 0.547. The van der Waals surface area contributed by atoms with Gasteiger partial charge in [0.15, 0.2) is 0 Å². The molecule has 8 heteroatoms. The topological polar surface area (TPSA) is 77.9 Å². The normalized spacial score (nSPS) is 18.9. The third-order valence-electron chi connectivity index (χ3n) is 5.94. The van der Waals surface area contributed by atoms with Crippen LogP contribution in [0.2, 0.25) is 0 Å². The number of hydrazone groups is 1. The molecule has 3 aliphatic rings. The van der Waals surface area contributed by atoms with E-state index in [-0.39, 0.29) is 0 Å². The third kappa shape index (κ3) is 4.55. The molecular formula is C23H29N7O. The maximum absolute atomic E-state index is 5.56. The maximum atomic E-state index is 5.56. The molecule has 0 unspecified atom stereocenters. The summed E-state index contributed by atoms with van der Waals surface area (Å²) in [5, 5.41) is 7.79. The van der Waals surface area contributed by atoms with Gasteiger partial charge < -0.3 is 19.9 Å². The number of aromatic nitrogens is 2. The molecule has 2 aromatic rings. The summed E-state index contributed by atoms with van der Waals surface area (Å²) in [7, 11) is 0. The number of morpholine rings is 1. The van der Waals surface area contributed by atoms with Crippen molar-refractivity contribution in [1.82, 2.24) is 20.2 Å². The quantitative estimate of drug-likeness (QED) is 0.569. The molecular weight excluding hydrogens is 390 g/mol. The van der Waals surface area contributed by atoms with E-state index in [9.17, 15) is 0 Å². The second kappa shape index (κ2) is 9.03. The molecule has 3 aliphatic heterocycles. The molecule has 162 valence electrons. The van der Waals surface area contributed by atoms with Crippen molar-refractivity contribution in [2.45, 2.75) is 26.4 Å². The van der Waals surface area contributed by atoms with Crippen LogP contribution in [0.25, 0.3) is 0 Å². The van der Waals surface area contributed by atoms with Crippen LogP contribution >= 0.6 is 0 Å². The lowest BCUT2D eigenvalue weighted by Gasteiger charge is -2.29. The van der Waals surface area contributed by atoms with Crippen LogP contribution in [0.15, 0.2) is 41.1 Å². The lowest BCUT2D eigenvalue weighted by molar-refractivity contribution is 0.122. The highest BCUT2D eigenvalue weighted by Crippen LogP contribution is 2.33. The summed E-state index contributed by atoms with van der Waals surface area (Å²) in [4.78, 5) is 14.5. The molecule has 1 aromatic carbocycles. The standard InChI is InChI=1S/C23H29N7O/c1-17-3-2-4-18(13-17)14-25-28-23-26-21-16-30(19-5-7-24-8-6-19)15-20(21)22(27-23)29-9-11-31-12-10-29/h2-5,13-14,24H,6-12,15-16H2,1H3,(H,26,27,28)/b25-14+. The molecule has 0 saturated carbocycles. The summed E-state index contributed by atoms with van der Waals surface area (Å²) in [5.41, 5.74) is 9.04. The number of nitrogens with one attached hydrogen (secondary N) is 2. The molecule has 2 N–H and O–H groups in total. The van der Waals surface area contributed by atoms with Gasteiger partial charge in [-0.05, 0) is 18.9 Å². The molecule has 4 heterocycles. The first-order valence-corrected chi connectivity index (χ1v) is 11.0. The molecule has 1 aromatic heterocycles. The summed E-state index contributed by atoms with van der Waals surface area (Å²) < 4.78 is 5.56. The SMILES string of the molecule is Cc1cccc(/C=N/Nc2nc3c(c(N4CCOCC4)n2)CN(C2=CCNCC2)C3)c1. The molecule has 0 atom stereocenters. The molecule has 31 heavy (non-hydrogen) atoms. The number of nitrogens with zero attached hydrogens (tertiary/aromatic N) is 5. The van der Waals surface area contributed by atoms with Crippen LogP contribution in [-0.4, -0.2) is 60.5 Å². The van der Waals surface area contributed by atoms with Crippen LogP contribution < -0.4 is 15.6 Å². The van der Waals surface area contributed by atoms with Crippen molar-refractivity contribution in [1.29, 1.82) is 0 Å². The number of fused-ring (bicyclic) bond motifs is 1. The molecule has 0 radical (unpaired) electrons. The molecule has 0 spiro atoms. The van der Waals surface area contributed by atoms with E-state index in [4.69, 9.17) is 14.7 Å². The van der Waals surface area contributed by atoms with Crippen molar-refractivity contribution in [3.05, 3.63) is 58.4 Å². The van der Waals surface area contributed by atoms with Gasteiger partial charge >= 0.3 is 0 Å². The molecule has 1 saturated heterocycles. The van der Waals surface area contributed by atoms with Crippen LogP contribution in [0.4, 0.5) is 11.8 Å². The van der Waals surface area contributed by atoms with E-state index < -0.39 is 0 Å². The first-order valence-electron chi connectivity index (χ1n) is 11.0. The Labute approximate surface area is 183 Å². The van der Waals surface area contributed by atoms with E-state index in [1.807, 2.05) is 18.3 Å². The average Bonchev–Trinajstić information content (AvgIpc) is 3.24. The van der Waals surface area contributed by atoms with Crippen LogP contribution in [0.3, 0.4) is 0 Å². The monoisotopic (exact) mass is 419 g/mol. The smallest absolute Gasteiger partial charge is 0.245 e. The number of hydrogen-bond donors (Lipinski definition) is 2. The predicted octanol–water partition coefficient (Wildman–Crippen LogP) is 2.26. The van der Waals surface area contributed by atoms with Gasteiger partial charge in [0.2, 0.25) is 5.95 Å². The van der Waals surface area contributed by atoms with Gasteiger partial charge in [-0.15, -0.1) is 0 Å². The van der Waals surface area contributed by atoms with Gasteiger partial charge in [-0.1, -0.05) is 35.9 Å². The van der Waals surface area contributed by atoms with Crippen molar-refractivity contribution < 1.29 is 4.74 Å². The largest absolute Gasteiger partial charge is 0.378 e. The van der Waals surface area contributed by atoms with Crippen molar-refractivity contribution in [2.24, 2.45) is 5.10 Å². The van der Waals surface area contributed by atoms with Gasteiger partial charge in [0.25, 0.3) is 0 Å². The zero-order valence-electron chi connectivity index (χ0n) is 18.0. The Kier molecular flexibility index (Phi) is 5.82. The number of hydrogen-bond acceptors (Lipinski definition) is 8. The van der Waals surface area contributed by atoms with Gasteiger partial charge in [0.1, 0.15) is 5.82 Å². The number of ether oxygens (including phenoxy) is 1. The highest BCUT2D eigenvalue weighted by Gasteiger charge is 2.29. The molecule has 0 bridgehead atoms. The fourth-order valence-electron chi connectivity index (χ4n) is 4.34. The predicted molar refractivity (Wildman–Crippen MR) is 122 cm³/mol. The maximum Gasteiger partial charge on any atom is 0.245 e. The summed E-state index contributed by atoms with van der Waals surface area (Å²) in [6.07, 6.45) is 5.16. The second-order valence-corrected chi connectivity index (χ2v) is 8.19. The van der Waals surface area contributed by atoms with Crippen LogP contribution in [0, 0.1) is 6.92 Å². The Balaban J connectivity index is 1.40. The average molecular weight is 420 g/mol. The summed E-state index contributed by atoms with van der Waals surface area (Å²) in [6.45, 7) is 8.88. The van der Waals surface area contributed by atoms with Gasteiger partial charge in [-0.3, -0.25) is 0 Å². The van der Waals surface area contributed by atoms with Crippen molar-refractivity contribution in [3.63, 3.8) is 0 Å². The van der Waals surface area contributed by atoms with Crippen molar-refractivity contribution >= 4 is 18.0 Å². The molecule has 1 fully saturated rings. The third-order valence-corrected chi connectivity index (χ3v) is 5.94. The number of benzene rings is 1. The van der Waals surface area contributed by atoms with Gasteiger partial charge in [-0.25, -0.2) is 10.4 Å². The highest BCUT2D eigenvalue weighted by molar-refractivity contribution is 5.80. The van der Waals surface area contributed by atoms with Crippen molar-refractivity contribution in [2.75, 3.05) is 49.7 Å². The zero-order chi connectivity index (χ0) is 21.0. The number of aryl methyl sites for hydroxylation is 1. The Morgan fingerprint density at radius 1 is 1.16 bits per heavy atom. The van der Waals surface area contributed by atoms with E-state index >= 15 is 0 Å². The minimum atomic E-state index is 0.547. The lowest BCUT2D eigenvalue weighted by Crippen LogP contribution is -2.37. The number of rotatable bonds is 5. The van der Waals surface area contributed by atoms with Gasteiger partial charge in [-0.2, -0.15) is 10.1 Å². The Morgan fingerprint density at radius 2 is 2.06 bits per heavy atom. The van der Waals surface area contributed by atoms with E-state index in [0.717, 1.165) is 76.0 Å². The van der Waals surface area contributed by atoms with E-state index in [0.29, 0.717) is 5.95 Å². The van der Waals surface area contributed by atoms with Gasteiger partial charge in [0.05, 0.1) is 31.7 Å². The first-order chi connectivity index (χ1) is 15.3. The van der Waals surface area contributed by atoms with Gasteiger partial charge in [0, 0.05) is 44.0 Å². The zero-order valence-corrected chi connectivity index (χ0v) is 18.0. The Bertz CT molecular complexity index is 997. The van der Waals surface area contributed by atoms with E-state index in [2.05, 4.69) is 50.8 Å².